The van der Waals surface area contributed by atoms with Gasteiger partial charge in [-0.05, 0) is 6.07 Å². The molecule has 1 rings (SSSR count). The largest absolute Gasteiger partial charge is 0.574 e. The lowest BCUT2D eigenvalue weighted by atomic mass is 10.2. The average Bonchev–Trinajstić information content (AvgIpc) is 2.16. The summed E-state index contributed by atoms with van der Waals surface area (Å²) in [5.41, 5.74) is -1.27. The molecule has 1 aromatic heterocycles. The molecular weight excluding hydrogens is 251 g/mol. The van der Waals surface area contributed by atoms with Crippen molar-refractivity contribution in [3.63, 3.8) is 0 Å². The minimum absolute atomic E-state index is 0.0155. The highest BCUT2D eigenvalue weighted by Gasteiger charge is 2.32. The lowest BCUT2D eigenvalue weighted by Crippen LogP contribution is -2.22. The first-order chi connectivity index (χ1) is 7.37. The molecule has 8 heteroatoms. The zero-order chi connectivity index (χ0) is 12.3. The number of halogens is 4. The molecule has 1 N–H and O–H groups in total. The molecule has 0 spiro atoms. The molecule has 0 aliphatic heterocycles. The average molecular weight is 256 g/mol. The summed E-state index contributed by atoms with van der Waals surface area (Å²) >= 11 is 5.35. The van der Waals surface area contributed by atoms with Gasteiger partial charge in [0.05, 0.1) is 11.4 Å². The van der Waals surface area contributed by atoms with Gasteiger partial charge in [0.15, 0.2) is 6.29 Å². The van der Waals surface area contributed by atoms with E-state index in [0.29, 0.717) is 0 Å². The van der Waals surface area contributed by atoms with Crippen LogP contribution in [0.3, 0.4) is 0 Å². The highest BCUT2D eigenvalue weighted by molar-refractivity contribution is 6.17. The van der Waals surface area contributed by atoms with Gasteiger partial charge in [-0.1, -0.05) is 0 Å². The van der Waals surface area contributed by atoms with Gasteiger partial charge in [0.1, 0.15) is 0 Å². The third-order valence-corrected chi connectivity index (χ3v) is 1.89. The SMILES string of the molecule is O=Cc1cc(CCl)c(=O)[nH]c1OC(F)(F)F. The van der Waals surface area contributed by atoms with E-state index in [-0.39, 0.29) is 17.7 Å². The van der Waals surface area contributed by atoms with Gasteiger partial charge in [0.2, 0.25) is 5.88 Å². The number of ether oxygens (including phenoxy) is 1. The van der Waals surface area contributed by atoms with E-state index in [1.54, 1.807) is 4.98 Å². The zero-order valence-corrected chi connectivity index (χ0v) is 8.35. The van der Waals surface area contributed by atoms with E-state index in [0.717, 1.165) is 6.07 Å². The molecule has 1 heterocycles. The van der Waals surface area contributed by atoms with Gasteiger partial charge in [-0.3, -0.25) is 14.6 Å². The fourth-order valence-electron chi connectivity index (χ4n) is 0.961. The summed E-state index contributed by atoms with van der Waals surface area (Å²) in [6.45, 7) is 0. The first-order valence-corrected chi connectivity index (χ1v) is 4.44. The van der Waals surface area contributed by atoms with E-state index in [4.69, 9.17) is 11.6 Å². The van der Waals surface area contributed by atoms with Crippen molar-refractivity contribution < 1.29 is 22.7 Å². The number of nitrogens with one attached hydrogen (secondary N) is 1. The maximum absolute atomic E-state index is 11.9. The number of carbonyl (C=O) groups excluding carboxylic acids is 1. The smallest absolute Gasteiger partial charge is 0.389 e. The van der Waals surface area contributed by atoms with E-state index >= 15 is 0 Å². The second-order valence-corrected chi connectivity index (χ2v) is 2.97. The van der Waals surface area contributed by atoms with Crippen LogP contribution in [0.15, 0.2) is 10.9 Å². The molecule has 0 amide bonds. The van der Waals surface area contributed by atoms with Crippen LogP contribution in [0.25, 0.3) is 0 Å². The van der Waals surface area contributed by atoms with E-state index in [1.807, 2.05) is 0 Å². The van der Waals surface area contributed by atoms with Crippen LogP contribution in [0, 0.1) is 0 Å². The van der Waals surface area contributed by atoms with Crippen molar-refractivity contribution in [2.75, 3.05) is 0 Å². The van der Waals surface area contributed by atoms with Crippen LogP contribution in [0.5, 0.6) is 5.88 Å². The van der Waals surface area contributed by atoms with Crippen LogP contribution in [0.1, 0.15) is 15.9 Å². The van der Waals surface area contributed by atoms with E-state index in [1.165, 1.54) is 0 Å². The van der Waals surface area contributed by atoms with Crippen molar-refractivity contribution in [2.24, 2.45) is 0 Å². The van der Waals surface area contributed by atoms with Crippen molar-refractivity contribution in [1.82, 2.24) is 4.98 Å². The molecule has 0 unspecified atom stereocenters. The molecule has 0 fully saturated rings. The molecule has 0 aliphatic rings. The number of rotatable bonds is 3. The Morgan fingerprint density at radius 1 is 1.50 bits per heavy atom. The van der Waals surface area contributed by atoms with Gasteiger partial charge >= 0.3 is 6.36 Å². The lowest BCUT2D eigenvalue weighted by molar-refractivity contribution is -0.276. The van der Waals surface area contributed by atoms with Crippen molar-refractivity contribution in [3.8, 4) is 5.88 Å². The maximum Gasteiger partial charge on any atom is 0.574 e. The molecule has 88 valence electrons. The van der Waals surface area contributed by atoms with Gasteiger partial charge in [-0.25, -0.2) is 0 Å². The zero-order valence-electron chi connectivity index (χ0n) is 7.60. The van der Waals surface area contributed by atoms with Crippen molar-refractivity contribution in [1.29, 1.82) is 0 Å². The number of aromatic nitrogens is 1. The Balaban J connectivity index is 3.24. The molecule has 0 saturated carbocycles. The molecule has 16 heavy (non-hydrogen) atoms. The number of hydrogen-bond donors (Lipinski definition) is 1. The molecule has 0 bridgehead atoms. The van der Waals surface area contributed by atoms with Crippen LogP contribution in [0.2, 0.25) is 0 Å². The third-order valence-electron chi connectivity index (χ3n) is 1.60. The van der Waals surface area contributed by atoms with Crippen LogP contribution in [0.4, 0.5) is 13.2 Å². The van der Waals surface area contributed by atoms with Gasteiger partial charge in [0.25, 0.3) is 5.56 Å². The number of aromatic amines is 1. The second-order valence-electron chi connectivity index (χ2n) is 2.71. The van der Waals surface area contributed by atoms with Crippen LogP contribution in [-0.4, -0.2) is 17.6 Å². The summed E-state index contributed by atoms with van der Waals surface area (Å²) in [7, 11) is 0. The molecule has 1 aromatic rings. The van der Waals surface area contributed by atoms with Crippen molar-refractivity contribution >= 4 is 17.9 Å². The Morgan fingerprint density at radius 3 is 2.56 bits per heavy atom. The molecule has 0 atom stereocenters. The molecule has 0 radical (unpaired) electrons. The molecule has 0 aliphatic carbocycles. The first-order valence-electron chi connectivity index (χ1n) is 3.90. The molecular formula is C8H5ClF3NO3. The van der Waals surface area contributed by atoms with Crippen molar-refractivity contribution in [2.45, 2.75) is 12.2 Å². The summed E-state index contributed by atoms with van der Waals surface area (Å²) < 4.78 is 39.1. The number of carbonyl (C=O) groups is 1. The molecule has 0 saturated heterocycles. The standard InChI is InChI=1S/C8H5ClF3NO3/c9-2-4-1-5(3-14)7(13-6(4)15)16-8(10,11)12/h1,3H,2H2,(H,13,15). The number of hydrogen-bond acceptors (Lipinski definition) is 3. The number of H-pyrrole nitrogens is 1. The minimum Gasteiger partial charge on any atom is -0.389 e. The van der Waals surface area contributed by atoms with Gasteiger partial charge < -0.3 is 4.74 Å². The topological polar surface area (TPSA) is 59.2 Å². The summed E-state index contributed by atoms with van der Waals surface area (Å²) in [4.78, 5) is 23.4. The number of aldehydes is 1. The second kappa shape index (κ2) is 4.56. The third kappa shape index (κ3) is 2.99. The Kier molecular flexibility index (Phi) is 3.58. The van der Waals surface area contributed by atoms with Gasteiger partial charge in [0, 0.05) is 5.56 Å². The Bertz CT molecular complexity index is 455. The molecule has 0 aromatic carbocycles. The monoisotopic (exact) mass is 255 g/mol. The van der Waals surface area contributed by atoms with E-state index in [2.05, 4.69) is 4.74 Å². The van der Waals surface area contributed by atoms with Crippen LogP contribution >= 0.6 is 11.6 Å². The summed E-state index contributed by atoms with van der Waals surface area (Å²) in [5.74, 6) is -1.16. The Hall–Kier alpha value is -1.50. The molecule has 4 nitrogen and oxygen atoms in total. The van der Waals surface area contributed by atoms with Gasteiger partial charge in [-0.2, -0.15) is 0 Å². The predicted octanol–water partition coefficient (Wildman–Crippen LogP) is 1.82. The summed E-state index contributed by atoms with van der Waals surface area (Å²) in [6.07, 6.45) is -4.85. The first kappa shape index (κ1) is 12.6. The van der Waals surface area contributed by atoms with Gasteiger partial charge in [-0.15, -0.1) is 24.8 Å². The van der Waals surface area contributed by atoms with Crippen LogP contribution in [-0.2, 0) is 5.88 Å². The Labute approximate surface area is 92.0 Å². The number of alkyl halides is 4. The minimum atomic E-state index is -4.98. The summed E-state index contributed by atoms with van der Waals surface area (Å²) in [6, 6.07) is 0.944. The highest BCUT2D eigenvalue weighted by Crippen LogP contribution is 2.22. The lowest BCUT2D eigenvalue weighted by Gasteiger charge is -2.10. The fraction of sp³-hybridized carbons (Fsp3) is 0.250. The number of pyridine rings is 1. The Morgan fingerprint density at radius 2 is 2.12 bits per heavy atom. The highest BCUT2D eigenvalue weighted by atomic mass is 35.5. The fourth-order valence-corrected chi connectivity index (χ4v) is 1.16. The van der Waals surface area contributed by atoms with E-state index < -0.39 is 23.4 Å². The van der Waals surface area contributed by atoms with E-state index in [9.17, 15) is 22.8 Å². The quantitative estimate of drug-likeness (QED) is 0.662. The van der Waals surface area contributed by atoms with Crippen molar-refractivity contribution in [3.05, 3.63) is 27.5 Å². The predicted molar refractivity (Wildman–Crippen MR) is 48.7 cm³/mol. The maximum atomic E-state index is 11.9. The summed E-state index contributed by atoms with van der Waals surface area (Å²) in [5, 5.41) is 0. The van der Waals surface area contributed by atoms with Crippen LogP contribution < -0.4 is 10.3 Å². The normalized spacial score (nSPS) is 11.2.